The molecule has 8 heteroatoms. The minimum absolute atomic E-state index is 0.00317. The van der Waals surface area contributed by atoms with Gasteiger partial charge in [0.25, 0.3) is 11.6 Å². The average Bonchev–Trinajstić information content (AvgIpc) is 3.12. The summed E-state index contributed by atoms with van der Waals surface area (Å²) in [6.45, 7) is 0. The molecule has 0 unspecified atom stereocenters. The first kappa shape index (κ1) is 17.2. The molecule has 1 amide bonds. The molecule has 3 aromatic carbocycles. The molecule has 4 N–H and O–H groups in total. The summed E-state index contributed by atoms with van der Waals surface area (Å²) in [6, 6.07) is 18.3. The summed E-state index contributed by atoms with van der Waals surface area (Å²) in [5, 5.41) is 13.7. The molecule has 0 bridgehead atoms. The summed E-state index contributed by atoms with van der Waals surface area (Å²) in [6.07, 6.45) is 0. The molecule has 0 atom stereocenters. The minimum Gasteiger partial charge on any atom is -0.399 e. The van der Waals surface area contributed by atoms with Crippen molar-refractivity contribution in [3.05, 3.63) is 82.4 Å². The van der Waals surface area contributed by atoms with E-state index in [0.29, 0.717) is 33.8 Å². The van der Waals surface area contributed by atoms with E-state index in [-0.39, 0.29) is 11.6 Å². The number of carbonyl (C=O) groups is 1. The lowest BCUT2D eigenvalue weighted by atomic mass is 10.1. The average molecular weight is 373 g/mol. The van der Waals surface area contributed by atoms with Gasteiger partial charge in [0.1, 0.15) is 5.82 Å². The number of nitrogens with zero attached hydrogens (tertiary/aromatic N) is 2. The number of hydrogen-bond acceptors (Lipinski definition) is 5. The molecule has 0 aliphatic heterocycles. The lowest BCUT2D eigenvalue weighted by Crippen LogP contribution is -2.11. The number of benzene rings is 3. The van der Waals surface area contributed by atoms with Crippen molar-refractivity contribution in [1.29, 1.82) is 0 Å². The van der Waals surface area contributed by atoms with E-state index in [4.69, 9.17) is 5.73 Å². The van der Waals surface area contributed by atoms with Gasteiger partial charge in [0.2, 0.25) is 0 Å². The first-order chi connectivity index (χ1) is 13.5. The Kier molecular flexibility index (Phi) is 4.21. The molecular weight excluding hydrogens is 358 g/mol. The van der Waals surface area contributed by atoms with Gasteiger partial charge in [-0.1, -0.05) is 0 Å². The molecule has 0 aliphatic carbocycles. The first-order valence-electron chi connectivity index (χ1n) is 8.41. The fourth-order valence-electron chi connectivity index (χ4n) is 2.80. The maximum absolute atomic E-state index is 12.3. The number of rotatable bonds is 4. The van der Waals surface area contributed by atoms with Crippen molar-refractivity contribution in [1.82, 2.24) is 9.97 Å². The number of carbonyl (C=O) groups excluding carboxylic acids is 1. The number of hydrogen-bond donors (Lipinski definition) is 3. The van der Waals surface area contributed by atoms with Gasteiger partial charge in [0, 0.05) is 34.6 Å². The van der Waals surface area contributed by atoms with Crippen LogP contribution in [0.15, 0.2) is 66.7 Å². The summed E-state index contributed by atoms with van der Waals surface area (Å²) >= 11 is 0. The lowest BCUT2D eigenvalue weighted by molar-refractivity contribution is -0.384. The highest BCUT2D eigenvalue weighted by molar-refractivity contribution is 6.04. The summed E-state index contributed by atoms with van der Waals surface area (Å²) in [4.78, 5) is 30.2. The predicted octanol–water partition coefficient (Wildman–Crippen LogP) is 3.97. The van der Waals surface area contributed by atoms with Crippen molar-refractivity contribution in [2.24, 2.45) is 0 Å². The van der Waals surface area contributed by atoms with Gasteiger partial charge < -0.3 is 16.0 Å². The molecule has 8 nitrogen and oxygen atoms in total. The van der Waals surface area contributed by atoms with Crippen LogP contribution in [0.5, 0.6) is 0 Å². The number of nitro benzene ring substituents is 1. The van der Waals surface area contributed by atoms with Crippen LogP contribution in [0.25, 0.3) is 22.4 Å². The number of nitrogen functional groups attached to an aromatic ring is 1. The fourth-order valence-corrected chi connectivity index (χ4v) is 2.80. The molecule has 1 aromatic heterocycles. The van der Waals surface area contributed by atoms with Crippen molar-refractivity contribution < 1.29 is 9.72 Å². The number of anilines is 2. The molecule has 138 valence electrons. The van der Waals surface area contributed by atoms with Crippen molar-refractivity contribution in [2.75, 3.05) is 11.1 Å². The molecule has 1 heterocycles. The summed E-state index contributed by atoms with van der Waals surface area (Å²) in [5.41, 5.74) is 9.40. The fraction of sp³-hybridized carbons (Fsp3) is 0. The molecule has 0 saturated heterocycles. The maximum atomic E-state index is 12.3. The van der Waals surface area contributed by atoms with Crippen LogP contribution in [0.4, 0.5) is 17.1 Å². The van der Waals surface area contributed by atoms with E-state index in [1.54, 1.807) is 42.5 Å². The zero-order valence-corrected chi connectivity index (χ0v) is 14.5. The van der Waals surface area contributed by atoms with Crippen molar-refractivity contribution in [3.63, 3.8) is 0 Å². The zero-order chi connectivity index (χ0) is 19.7. The van der Waals surface area contributed by atoms with Gasteiger partial charge in [-0.3, -0.25) is 14.9 Å². The Morgan fingerprint density at radius 2 is 1.75 bits per heavy atom. The van der Waals surface area contributed by atoms with Gasteiger partial charge in [-0.15, -0.1) is 0 Å². The van der Waals surface area contributed by atoms with E-state index < -0.39 is 4.92 Å². The highest BCUT2D eigenvalue weighted by Gasteiger charge is 2.11. The monoisotopic (exact) mass is 373 g/mol. The second-order valence-electron chi connectivity index (χ2n) is 6.20. The van der Waals surface area contributed by atoms with Crippen LogP contribution in [-0.2, 0) is 0 Å². The number of nitrogens with two attached hydrogens (primary N) is 1. The van der Waals surface area contributed by atoms with Crippen LogP contribution >= 0.6 is 0 Å². The van der Waals surface area contributed by atoms with Crippen LogP contribution < -0.4 is 11.1 Å². The number of imidazole rings is 1. The number of nitro groups is 1. The van der Waals surface area contributed by atoms with Gasteiger partial charge in [0.05, 0.1) is 16.0 Å². The molecular formula is C20H15N5O3. The minimum atomic E-state index is -0.446. The number of fused-ring (bicyclic) bond motifs is 1. The Labute approximate surface area is 159 Å². The number of H-pyrrole nitrogens is 1. The Bertz CT molecular complexity index is 1180. The predicted molar refractivity (Wildman–Crippen MR) is 107 cm³/mol. The molecule has 0 fully saturated rings. The van der Waals surface area contributed by atoms with E-state index in [9.17, 15) is 14.9 Å². The molecule has 0 saturated carbocycles. The Morgan fingerprint density at radius 1 is 1.04 bits per heavy atom. The number of nitrogens with one attached hydrogen (secondary N) is 2. The van der Waals surface area contributed by atoms with Gasteiger partial charge in [-0.05, 0) is 54.6 Å². The van der Waals surface area contributed by atoms with Crippen LogP contribution in [0.2, 0.25) is 0 Å². The second-order valence-corrected chi connectivity index (χ2v) is 6.20. The Hall–Kier alpha value is -4.20. The van der Waals surface area contributed by atoms with E-state index in [1.165, 1.54) is 12.1 Å². The van der Waals surface area contributed by atoms with Crippen molar-refractivity contribution in [2.45, 2.75) is 0 Å². The Morgan fingerprint density at radius 3 is 2.43 bits per heavy atom. The van der Waals surface area contributed by atoms with Gasteiger partial charge in [-0.25, -0.2) is 4.98 Å². The van der Waals surface area contributed by atoms with Crippen LogP contribution in [-0.4, -0.2) is 20.8 Å². The third-order valence-corrected chi connectivity index (χ3v) is 4.27. The van der Waals surface area contributed by atoms with Crippen molar-refractivity contribution >= 4 is 34.0 Å². The van der Waals surface area contributed by atoms with E-state index >= 15 is 0 Å². The highest BCUT2D eigenvalue weighted by Crippen LogP contribution is 2.25. The molecule has 4 rings (SSSR count). The topological polar surface area (TPSA) is 127 Å². The third kappa shape index (κ3) is 3.38. The zero-order valence-electron chi connectivity index (χ0n) is 14.5. The van der Waals surface area contributed by atoms with Gasteiger partial charge >= 0.3 is 0 Å². The second kappa shape index (κ2) is 6.84. The molecule has 28 heavy (non-hydrogen) atoms. The van der Waals surface area contributed by atoms with E-state index in [2.05, 4.69) is 15.3 Å². The number of aromatic amines is 1. The van der Waals surface area contributed by atoms with Crippen LogP contribution in [0.1, 0.15) is 10.4 Å². The van der Waals surface area contributed by atoms with Gasteiger partial charge in [-0.2, -0.15) is 0 Å². The largest absolute Gasteiger partial charge is 0.399 e. The van der Waals surface area contributed by atoms with Crippen LogP contribution in [0.3, 0.4) is 0 Å². The summed E-state index contributed by atoms with van der Waals surface area (Å²) in [5.74, 6) is 0.357. The molecule has 0 radical (unpaired) electrons. The molecule has 0 aliphatic rings. The SMILES string of the molecule is Nc1ccc(C(=O)Nc2ccc(-c3nc4ccc([N+](=O)[O-])cc4[nH]3)cc2)cc1. The highest BCUT2D eigenvalue weighted by atomic mass is 16.6. The molecule has 4 aromatic rings. The summed E-state index contributed by atoms with van der Waals surface area (Å²) < 4.78 is 0. The maximum Gasteiger partial charge on any atom is 0.271 e. The Balaban J connectivity index is 1.54. The quantitative estimate of drug-likeness (QED) is 0.283. The lowest BCUT2D eigenvalue weighted by Gasteiger charge is -2.06. The first-order valence-corrected chi connectivity index (χ1v) is 8.41. The normalized spacial score (nSPS) is 10.7. The molecule has 0 spiro atoms. The number of non-ortho nitro benzene ring substituents is 1. The van der Waals surface area contributed by atoms with Gasteiger partial charge in [0.15, 0.2) is 0 Å². The third-order valence-electron chi connectivity index (χ3n) is 4.27. The smallest absolute Gasteiger partial charge is 0.271 e. The van der Waals surface area contributed by atoms with Crippen LogP contribution in [0, 0.1) is 10.1 Å². The van der Waals surface area contributed by atoms with Crippen molar-refractivity contribution in [3.8, 4) is 11.4 Å². The number of aromatic nitrogens is 2. The van der Waals surface area contributed by atoms with E-state index in [0.717, 1.165) is 5.56 Å². The summed E-state index contributed by atoms with van der Waals surface area (Å²) in [7, 11) is 0. The number of amides is 1. The van der Waals surface area contributed by atoms with E-state index in [1.807, 2.05) is 12.1 Å². The standard InChI is InChI=1S/C20H15N5O3/c21-14-5-1-13(2-6-14)20(26)22-15-7-3-12(4-8-15)19-23-17-10-9-16(25(27)28)11-18(17)24-19/h1-11H,21H2,(H,22,26)(H,23,24).